The van der Waals surface area contributed by atoms with Crippen LogP contribution >= 0.6 is 12.2 Å². The van der Waals surface area contributed by atoms with Gasteiger partial charge in [-0.15, -0.1) is 0 Å². The van der Waals surface area contributed by atoms with Crippen molar-refractivity contribution in [3.63, 3.8) is 0 Å². The van der Waals surface area contributed by atoms with Gasteiger partial charge in [-0.25, -0.2) is 4.39 Å². The molecule has 1 saturated heterocycles. The van der Waals surface area contributed by atoms with Crippen LogP contribution in [0.4, 0.5) is 10.1 Å². The van der Waals surface area contributed by atoms with Crippen LogP contribution in [0.15, 0.2) is 18.2 Å². The first-order chi connectivity index (χ1) is 9.00. The average molecular weight is 283 g/mol. The third-order valence-corrected chi connectivity index (χ3v) is 3.23. The van der Waals surface area contributed by atoms with Gasteiger partial charge in [0.05, 0.1) is 13.2 Å². The minimum Gasteiger partial charge on any atom is -0.389 e. The molecule has 0 aliphatic carbocycles. The zero-order valence-corrected chi connectivity index (χ0v) is 11.0. The predicted octanol–water partition coefficient (Wildman–Crippen LogP) is 0.150. The number of amides is 1. The van der Waals surface area contributed by atoms with E-state index >= 15 is 0 Å². The Balaban J connectivity index is 2.32. The predicted molar refractivity (Wildman–Crippen MR) is 73.4 cm³/mol. The molecule has 19 heavy (non-hydrogen) atoms. The minimum absolute atomic E-state index is 0.00233. The van der Waals surface area contributed by atoms with E-state index in [0.29, 0.717) is 18.8 Å². The van der Waals surface area contributed by atoms with E-state index in [1.807, 2.05) is 0 Å². The maximum atomic E-state index is 13.8. The number of ether oxygens (including phenoxy) is 1. The summed E-state index contributed by atoms with van der Waals surface area (Å²) in [5.74, 6) is -1.02. The first-order valence-electron chi connectivity index (χ1n) is 5.73. The number of anilines is 1. The van der Waals surface area contributed by atoms with Gasteiger partial charge in [-0.05, 0) is 18.2 Å². The molecule has 1 atom stereocenters. The van der Waals surface area contributed by atoms with E-state index in [1.165, 1.54) is 12.1 Å². The molecule has 7 heteroatoms. The van der Waals surface area contributed by atoms with Crippen molar-refractivity contribution < 1.29 is 13.9 Å². The Morgan fingerprint density at radius 2 is 2.21 bits per heavy atom. The summed E-state index contributed by atoms with van der Waals surface area (Å²) in [5, 5.41) is 0. The Morgan fingerprint density at radius 3 is 2.79 bits per heavy atom. The number of rotatable bonds is 3. The number of nitrogens with two attached hydrogens (primary N) is 2. The van der Waals surface area contributed by atoms with Gasteiger partial charge in [0.15, 0.2) is 0 Å². The van der Waals surface area contributed by atoms with Crippen LogP contribution in [0.1, 0.15) is 5.56 Å². The largest absolute Gasteiger partial charge is 0.389 e. The molecule has 0 spiro atoms. The van der Waals surface area contributed by atoms with Gasteiger partial charge in [-0.1, -0.05) is 12.2 Å². The number of nitrogens with zero attached hydrogens (tertiary/aromatic N) is 1. The Labute approximate surface area is 115 Å². The van der Waals surface area contributed by atoms with Crippen molar-refractivity contribution in [2.24, 2.45) is 11.5 Å². The fraction of sp³-hybridized carbons (Fsp3) is 0.333. The maximum absolute atomic E-state index is 13.8. The first kappa shape index (κ1) is 13.7. The van der Waals surface area contributed by atoms with Crippen molar-refractivity contribution in [1.82, 2.24) is 0 Å². The van der Waals surface area contributed by atoms with Crippen molar-refractivity contribution >= 4 is 28.8 Å². The van der Waals surface area contributed by atoms with Gasteiger partial charge >= 0.3 is 0 Å². The molecular formula is C12H14FN3O2S. The van der Waals surface area contributed by atoms with E-state index < -0.39 is 17.8 Å². The van der Waals surface area contributed by atoms with Crippen molar-refractivity contribution in [3.05, 3.63) is 29.6 Å². The molecule has 1 aromatic carbocycles. The highest BCUT2D eigenvalue weighted by molar-refractivity contribution is 7.80. The summed E-state index contributed by atoms with van der Waals surface area (Å²) in [6, 6.07) is 3.87. The summed E-state index contributed by atoms with van der Waals surface area (Å²) in [4.78, 5) is 13.1. The van der Waals surface area contributed by atoms with Crippen LogP contribution in [0.3, 0.4) is 0 Å². The third-order valence-electron chi connectivity index (χ3n) is 3.01. The lowest BCUT2D eigenvalue weighted by atomic mass is 10.1. The summed E-state index contributed by atoms with van der Waals surface area (Å²) in [6.07, 6.45) is 0. The molecule has 1 aliphatic heterocycles. The second kappa shape index (κ2) is 5.50. The normalized spacial score (nSPS) is 19.2. The minimum atomic E-state index is -0.594. The van der Waals surface area contributed by atoms with Crippen LogP contribution in [0, 0.1) is 5.82 Å². The molecule has 0 saturated carbocycles. The number of hydrogen-bond acceptors (Lipinski definition) is 4. The highest BCUT2D eigenvalue weighted by atomic mass is 32.1. The fourth-order valence-electron chi connectivity index (χ4n) is 2.03. The average Bonchev–Trinajstić information content (AvgIpc) is 2.38. The SMILES string of the molecule is NC(=O)C1COCCN1c1ccc(C(N)=S)c(F)c1. The molecule has 102 valence electrons. The van der Waals surface area contributed by atoms with E-state index in [9.17, 15) is 9.18 Å². The molecule has 2 rings (SSSR count). The third kappa shape index (κ3) is 2.82. The zero-order valence-electron chi connectivity index (χ0n) is 10.1. The van der Waals surface area contributed by atoms with Crippen LogP contribution in [-0.2, 0) is 9.53 Å². The van der Waals surface area contributed by atoms with E-state index in [0.717, 1.165) is 0 Å². The number of morpholine rings is 1. The molecule has 5 nitrogen and oxygen atoms in total. The van der Waals surface area contributed by atoms with Crippen LogP contribution in [0.25, 0.3) is 0 Å². The van der Waals surface area contributed by atoms with E-state index in [2.05, 4.69) is 0 Å². The van der Waals surface area contributed by atoms with Crippen molar-refractivity contribution in [3.8, 4) is 0 Å². The van der Waals surface area contributed by atoms with Gasteiger partial charge in [0.2, 0.25) is 5.91 Å². The summed E-state index contributed by atoms with van der Waals surface area (Å²) >= 11 is 4.74. The summed E-state index contributed by atoms with van der Waals surface area (Å²) in [6.45, 7) is 1.13. The van der Waals surface area contributed by atoms with Gasteiger partial charge < -0.3 is 21.1 Å². The van der Waals surface area contributed by atoms with Gasteiger partial charge in [-0.3, -0.25) is 4.79 Å². The molecule has 0 radical (unpaired) electrons. The maximum Gasteiger partial charge on any atom is 0.242 e. The molecule has 0 aromatic heterocycles. The molecule has 1 fully saturated rings. The molecule has 1 heterocycles. The molecular weight excluding hydrogens is 269 g/mol. The number of carbonyl (C=O) groups excluding carboxylic acids is 1. The molecule has 1 aliphatic rings. The standard InChI is InChI=1S/C12H14FN3O2S/c13-9-5-7(1-2-8(9)12(15)19)16-3-4-18-6-10(16)11(14)17/h1-2,5,10H,3-4,6H2,(H2,14,17)(H2,15,19). The van der Waals surface area contributed by atoms with Crippen LogP contribution < -0.4 is 16.4 Å². The van der Waals surface area contributed by atoms with Crippen LogP contribution in [0.5, 0.6) is 0 Å². The smallest absolute Gasteiger partial charge is 0.242 e. The van der Waals surface area contributed by atoms with E-state index in [1.54, 1.807) is 11.0 Å². The molecule has 0 bridgehead atoms. The van der Waals surface area contributed by atoms with E-state index in [-0.39, 0.29) is 17.2 Å². The number of hydrogen-bond donors (Lipinski definition) is 2. The summed E-state index contributed by atoms with van der Waals surface area (Å²) < 4.78 is 19.1. The highest BCUT2D eigenvalue weighted by Gasteiger charge is 2.28. The highest BCUT2D eigenvalue weighted by Crippen LogP contribution is 2.22. The second-order valence-electron chi connectivity index (χ2n) is 4.21. The Morgan fingerprint density at radius 1 is 1.47 bits per heavy atom. The van der Waals surface area contributed by atoms with Crippen molar-refractivity contribution in [2.75, 3.05) is 24.7 Å². The quantitative estimate of drug-likeness (QED) is 0.772. The van der Waals surface area contributed by atoms with Crippen LogP contribution in [-0.4, -0.2) is 36.7 Å². The Hall–Kier alpha value is -1.73. The Bertz CT molecular complexity index is 524. The van der Waals surface area contributed by atoms with Crippen molar-refractivity contribution in [2.45, 2.75) is 6.04 Å². The topological polar surface area (TPSA) is 81.6 Å². The summed E-state index contributed by atoms with van der Waals surface area (Å²) in [5.41, 5.74) is 11.5. The lowest BCUT2D eigenvalue weighted by Crippen LogP contribution is -2.52. The number of thiocarbonyl (C=S) groups is 1. The number of carbonyl (C=O) groups is 1. The van der Waals surface area contributed by atoms with Crippen LogP contribution in [0.2, 0.25) is 0 Å². The van der Waals surface area contributed by atoms with E-state index in [4.69, 9.17) is 28.4 Å². The first-order valence-corrected chi connectivity index (χ1v) is 6.14. The van der Waals surface area contributed by atoms with Crippen molar-refractivity contribution in [1.29, 1.82) is 0 Å². The zero-order chi connectivity index (χ0) is 14.0. The molecule has 1 amide bonds. The van der Waals surface area contributed by atoms with Gasteiger partial charge in [-0.2, -0.15) is 0 Å². The fourth-order valence-corrected chi connectivity index (χ4v) is 2.20. The van der Waals surface area contributed by atoms with Gasteiger partial charge in [0, 0.05) is 17.8 Å². The monoisotopic (exact) mass is 283 g/mol. The number of halogens is 1. The lowest BCUT2D eigenvalue weighted by molar-refractivity contribution is -0.121. The number of primary amides is 1. The summed E-state index contributed by atoms with van der Waals surface area (Å²) in [7, 11) is 0. The second-order valence-corrected chi connectivity index (χ2v) is 4.65. The number of benzene rings is 1. The molecule has 1 aromatic rings. The molecule has 4 N–H and O–H groups in total. The Kier molecular flexibility index (Phi) is 3.96. The lowest BCUT2D eigenvalue weighted by Gasteiger charge is -2.35. The molecule has 1 unspecified atom stereocenters. The van der Waals surface area contributed by atoms with Gasteiger partial charge in [0.1, 0.15) is 16.8 Å². The van der Waals surface area contributed by atoms with Gasteiger partial charge in [0.25, 0.3) is 0 Å².